The number of nitro benzene ring substituents is 1. The molecule has 0 saturated carbocycles. The third-order valence-corrected chi connectivity index (χ3v) is 4.42. The molecular weight excluding hydrogens is 362 g/mol. The zero-order chi connectivity index (χ0) is 18.1. The van der Waals surface area contributed by atoms with Crippen LogP contribution in [0.5, 0.6) is 0 Å². The van der Waals surface area contributed by atoms with Gasteiger partial charge < -0.3 is 0 Å². The molecule has 0 aliphatic rings. The molecule has 2 rings (SSSR count). The lowest BCUT2D eigenvalue weighted by Crippen LogP contribution is -2.02. The van der Waals surface area contributed by atoms with E-state index in [1.165, 1.54) is 0 Å². The summed E-state index contributed by atoms with van der Waals surface area (Å²) in [7, 11) is -4.67. The number of hydrogen-bond acceptors (Lipinski definition) is 6. The summed E-state index contributed by atoms with van der Waals surface area (Å²) in [5.74, 6) is 0. The van der Waals surface area contributed by atoms with Gasteiger partial charge in [0.25, 0.3) is 15.8 Å². The van der Waals surface area contributed by atoms with E-state index in [0.717, 1.165) is 30.3 Å². The first-order chi connectivity index (χ1) is 11.2. The number of benzene rings is 2. The summed E-state index contributed by atoms with van der Waals surface area (Å²) in [5, 5.41) is 10.7. The standard InChI is InChI=1S/C14H8ClNO7S/c15-14-9(7-18)3-11(24(21,22)23)5-13(14)12-4-10(16(19)20)2-1-8(12)6-17/h1-7H,(H,21,22,23). The molecular formula is C14H8ClNO7S. The van der Waals surface area contributed by atoms with Crippen molar-refractivity contribution in [1.82, 2.24) is 0 Å². The molecule has 0 fully saturated rings. The summed E-state index contributed by atoms with van der Waals surface area (Å²) in [6, 6.07) is 5.06. The Morgan fingerprint density at radius 2 is 1.67 bits per heavy atom. The van der Waals surface area contributed by atoms with Crippen LogP contribution in [-0.4, -0.2) is 30.5 Å². The highest BCUT2D eigenvalue weighted by Crippen LogP contribution is 2.36. The third kappa shape index (κ3) is 3.32. The van der Waals surface area contributed by atoms with Crippen molar-refractivity contribution in [3.8, 4) is 11.1 Å². The van der Waals surface area contributed by atoms with E-state index < -0.39 is 19.9 Å². The highest BCUT2D eigenvalue weighted by Gasteiger charge is 2.20. The van der Waals surface area contributed by atoms with Crippen LogP contribution in [0.2, 0.25) is 5.02 Å². The van der Waals surface area contributed by atoms with Crippen molar-refractivity contribution in [2.75, 3.05) is 0 Å². The second kappa shape index (κ2) is 6.48. The van der Waals surface area contributed by atoms with Crippen molar-refractivity contribution in [2.45, 2.75) is 4.90 Å². The van der Waals surface area contributed by atoms with Gasteiger partial charge in [0.2, 0.25) is 0 Å². The zero-order valence-corrected chi connectivity index (χ0v) is 13.2. The van der Waals surface area contributed by atoms with E-state index >= 15 is 0 Å². The van der Waals surface area contributed by atoms with E-state index in [-0.39, 0.29) is 39.2 Å². The molecule has 0 saturated heterocycles. The van der Waals surface area contributed by atoms with Gasteiger partial charge in [-0.1, -0.05) is 11.6 Å². The van der Waals surface area contributed by atoms with Crippen LogP contribution in [-0.2, 0) is 10.1 Å². The van der Waals surface area contributed by atoms with Gasteiger partial charge in [0, 0.05) is 34.4 Å². The minimum atomic E-state index is -4.67. The third-order valence-electron chi connectivity index (χ3n) is 3.16. The first kappa shape index (κ1) is 17.7. The van der Waals surface area contributed by atoms with Gasteiger partial charge in [0.1, 0.15) is 0 Å². The number of nitrogens with zero attached hydrogens (tertiary/aromatic N) is 1. The van der Waals surface area contributed by atoms with Crippen LogP contribution in [0.4, 0.5) is 5.69 Å². The molecule has 0 spiro atoms. The minimum absolute atomic E-state index is 0.00756. The fourth-order valence-corrected chi connectivity index (χ4v) is 2.84. The fourth-order valence-electron chi connectivity index (χ4n) is 2.04. The molecule has 0 bridgehead atoms. The Morgan fingerprint density at radius 1 is 1.04 bits per heavy atom. The van der Waals surface area contributed by atoms with E-state index in [1.54, 1.807) is 0 Å². The first-order valence-electron chi connectivity index (χ1n) is 6.19. The molecule has 2 aromatic carbocycles. The minimum Gasteiger partial charge on any atom is -0.298 e. The smallest absolute Gasteiger partial charge is 0.294 e. The second-order valence-corrected chi connectivity index (χ2v) is 6.41. The monoisotopic (exact) mass is 369 g/mol. The average Bonchev–Trinajstić information content (AvgIpc) is 2.53. The van der Waals surface area contributed by atoms with Crippen LogP contribution in [0.3, 0.4) is 0 Å². The van der Waals surface area contributed by atoms with E-state index in [0.29, 0.717) is 6.29 Å². The summed E-state index contributed by atoms with van der Waals surface area (Å²) >= 11 is 6.03. The number of nitro groups is 1. The quantitative estimate of drug-likeness (QED) is 0.371. The number of rotatable bonds is 5. The zero-order valence-electron chi connectivity index (χ0n) is 11.7. The predicted molar refractivity (Wildman–Crippen MR) is 84.1 cm³/mol. The Labute approximate surface area is 140 Å². The SMILES string of the molecule is O=Cc1ccc([N+](=O)[O-])cc1-c1cc(S(=O)(=O)O)cc(C=O)c1Cl. The van der Waals surface area contributed by atoms with Gasteiger partial charge in [0.05, 0.1) is 14.8 Å². The molecule has 0 atom stereocenters. The van der Waals surface area contributed by atoms with Gasteiger partial charge in [-0.2, -0.15) is 8.42 Å². The molecule has 0 aliphatic heterocycles. The summed E-state index contributed by atoms with van der Waals surface area (Å²) in [4.78, 5) is 31.8. The van der Waals surface area contributed by atoms with E-state index in [1.807, 2.05) is 0 Å². The highest BCUT2D eigenvalue weighted by molar-refractivity contribution is 7.85. The maximum Gasteiger partial charge on any atom is 0.294 e. The van der Waals surface area contributed by atoms with Crippen LogP contribution in [0.1, 0.15) is 20.7 Å². The number of hydrogen-bond donors (Lipinski definition) is 1. The molecule has 0 radical (unpaired) electrons. The maximum absolute atomic E-state index is 11.3. The number of carbonyl (C=O) groups excluding carboxylic acids is 2. The Bertz CT molecular complexity index is 969. The van der Waals surface area contributed by atoms with Gasteiger partial charge in [-0.15, -0.1) is 0 Å². The van der Waals surface area contributed by atoms with Crippen LogP contribution < -0.4 is 0 Å². The maximum atomic E-state index is 11.3. The van der Waals surface area contributed by atoms with Crippen LogP contribution in [0, 0.1) is 10.1 Å². The number of aldehydes is 2. The average molecular weight is 370 g/mol. The lowest BCUT2D eigenvalue weighted by molar-refractivity contribution is -0.384. The molecule has 24 heavy (non-hydrogen) atoms. The normalized spacial score (nSPS) is 11.1. The predicted octanol–water partition coefficient (Wildman–Crippen LogP) is 2.79. The molecule has 8 nitrogen and oxygen atoms in total. The summed E-state index contributed by atoms with van der Waals surface area (Å²) in [5.41, 5.74) is -0.786. The largest absolute Gasteiger partial charge is 0.298 e. The molecule has 0 heterocycles. The number of non-ortho nitro benzene ring substituents is 1. The van der Waals surface area contributed by atoms with Gasteiger partial charge in [-0.3, -0.25) is 24.3 Å². The molecule has 0 aliphatic carbocycles. The molecule has 0 aromatic heterocycles. The van der Waals surface area contributed by atoms with Gasteiger partial charge in [0.15, 0.2) is 12.6 Å². The van der Waals surface area contributed by atoms with Crippen molar-refractivity contribution < 1.29 is 27.5 Å². The first-order valence-corrected chi connectivity index (χ1v) is 8.01. The van der Waals surface area contributed by atoms with Crippen molar-refractivity contribution >= 4 is 40.0 Å². The summed E-state index contributed by atoms with van der Waals surface area (Å²) in [6.45, 7) is 0. The highest BCUT2D eigenvalue weighted by atomic mass is 35.5. The van der Waals surface area contributed by atoms with Crippen molar-refractivity contribution in [2.24, 2.45) is 0 Å². The lowest BCUT2D eigenvalue weighted by Gasteiger charge is -2.11. The summed E-state index contributed by atoms with van der Waals surface area (Å²) < 4.78 is 31.9. The van der Waals surface area contributed by atoms with E-state index in [2.05, 4.69) is 0 Å². The summed E-state index contributed by atoms with van der Waals surface area (Å²) in [6.07, 6.45) is 0.661. The lowest BCUT2D eigenvalue weighted by atomic mass is 9.98. The van der Waals surface area contributed by atoms with E-state index in [4.69, 9.17) is 11.6 Å². The molecule has 0 unspecified atom stereocenters. The topological polar surface area (TPSA) is 132 Å². The molecule has 1 N–H and O–H groups in total. The molecule has 124 valence electrons. The fraction of sp³-hybridized carbons (Fsp3) is 0. The number of carbonyl (C=O) groups is 2. The van der Waals surface area contributed by atoms with E-state index in [9.17, 15) is 32.7 Å². The Balaban J connectivity index is 2.90. The van der Waals surface area contributed by atoms with Gasteiger partial charge >= 0.3 is 0 Å². The van der Waals surface area contributed by atoms with Crippen molar-refractivity contribution in [3.63, 3.8) is 0 Å². The van der Waals surface area contributed by atoms with Crippen molar-refractivity contribution in [3.05, 3.63) is 56.6 Å². The Morgan fingerprint density at radius 3 is 2.17 bits per heavy atom. The van der Waals surface area contributed by atoms with Gasteiger partial charge in [-0.25, -0.2) is 0 Å². The molecule has 2 aromatic rings. The molecule has 10 heteroatoms. The van der Waals surface area contributed by atoms with Gasteiger partial charge in [-0.05, 0) is 18.2 Å². The Kier molecular flexibility index (Phi) is 4.78. The molecule has 0 amide bonds. The van der Waals surface area contributed by atoms with Crippen LogP contribution in [0.15, 0.2) is 35.2 Å². The number of halogens is 1. The van der Waals surface area contributed by atoms with Crippen LogP contribution in [0.25, 0.3) is 11.1 Å². The van der Waals surface area contributed by atoms with Crippen LogP contribution >= 0.6 is 11.6 Å². The Hall–Kier alpha value is -2.62. The second-order valence-electron chi connectivity index (χ2n) is 4.61. The van der Waals surface area contributed by atoms with Crippen molar-refractivity contribution in [1.29, 1.82) is 0 Å².